The highest BCUT2D eigenvalue weighted by molar-refractivity contribution is 5.81. The molecule has 0 spiro atoms. The molecule has 28 heavy (non-hydrogen) atoms. The number of hydrogen-bond acceptors (Lipinski definition) is 3. The molecule has 1 amide bonds. The minimum atomic E-state index is 0.104. The molecule has 1 heterocycles. The number of guanidine groups is 1. The van der Waals surface area contributed by atoms with Crippen LogP contribution in [0, 0.1) is 17.3 Å². The zero-order valence-electron chi connectivity index (χ0n) is 18.4. The van der Waals surface area contributed by atoms with Crippen LogP contribution in [-0.2, 0) is 9.53 Å². The topological polar surface area (TPSA) is 74.8 Å². The van der Waals surface area contributed by atoms with Crippen molar-refractivity contribution in [1.82, 2.24) is 16.0 Å². The highest BCUT2D eigenvalue weighted by atomic mass is 16.5. The van der Waals surface area contributed by atoms with Gasteiger partial charge in [-0.2, -0.15) is 0 Å². The fraction of sp³-hybridized carbons (Fsp3) is 0.909. The molecule has 5 unspecified atom stereocenters. The molecule has 2 saturated carbocycles. The predicted octanol–water partition coefficient (Wildman–Crippen LogP) is 2.83. The summed E-state index contributed by atoms with van der Waals surface area (Å²) >= 11 is 0. The van der Waals surface area contributed by atoms with Gasteiger partial charge in [0.05, 0.1) is 6.10 Å². The van der Waals surface area contributed by atoms with Crippen LogP contribution in [0.2, 0.25) is 0 Å². The van der Waals surface area contributed by atoms with E-state index in [1.165, 1.54) is 6.42 Å². The lowest BCUT2D eigenvalue weighted by molar-refractivity contribution is -0.188. The summed E-state index contributed by atoms with van der Waals surface area (Å²) in [6.45, 7) is 12.4. The Balaban J connectivity index is 1.59. The van der Waals surface area contributed by atoms with Crippen molar-refractivity contribution in [2.24, 2.45) is 22.2 Å². The van der Waals surface area contributed by atoms with Crippen LogP contribution < -0.4 is 16.0 Å². The number of hydrogen-bond donors (Lipinski definition) is 3. The summed E-state index contributed by atoms with van der Waals surface area (Å²) in [5.41, 5.74) is 0.119. The van der Waals surface area contributed by atoms with Crippen LogP contribution >= 0.6 is 0 Å². The standard InChI is InChI=1S/C22H40N4O2/c1-6-23-21(26-18-17-11-8-12-28-19(17)22(18,4)5)25-16-10-7-9-15(13-16)20(27)24-14(2)3/h14-19H,6-13H2,1-5H3,(H,24,27)(H2,23,25,26). The van der Waals surface area contributed by atoms with Gasteiger partial charge in [-0.15, -0.1) is 0 Å². The van der Waals surface area contributed by atoms with E-state index in [2.05, 4.69) is 36.7 Å². The normalized spacial score (nSPS) is 34.9. The molecule has 0 aromatic heterocycles. The average Bonchev–Trinajstić information content (AvgIpc) is 2.66. The predicted molar refractivity (Wildman–Crippen MR) is 113 cm³/mol. The molecule has 3 aliphatic rings. The molecule has 2 aliphatic carbocycles. The van der Waals surface area contributed by atoms with Crippen LogP contribution in [-0.4, -0.2) is 49.2 Å². The number of carbonyl (C=O) groups is 1. The van der Waals surface area contributed by atoms with Gasteiger partial charge < -0.3 is 20.7 Å². The zero-order chi connectivity index (χ0) is 20.3. The Labute approximate surface area is 170 Å². The lowest BCUT2D eigenvalue weighted by atomic mass is 9.55. The molecule has 0 bridgehead atoms. The third-order valence-corrected chi connectivity index (χ3v) is 6.76. The first kappa shape index (κ1) is 21.4. The van der Waals surface area contributed by atoms with E-state index >= 15 is 0 Å². The van der Waals surface area contributed by atoms with Crippen LogP contribution in [0.1, 0.15) is 73.1 Å². The van der Waals surface area contributed by atoms with E-state index in [-0.39, 0.29) is 23.3 Å². The smallest absolute Gasteiger partial charge is 0.223 e. The molecule has 0 radical (unpaired) electrons. The highest BCUT2D eigenvalue weighted by Gasteiger charge is 2.58. The van der Waals surface area contributed by atoms with Gasteiger partial charge in [-0.05, 0) is 52.9 Å². The second-order valence-corrected chi connectivity index (χ2v) is 9.73. The molecule has 5 atom stereocenters. The summed E-state index contributed by atoms with van der Waals surface area (Å²) in [5.74, 6) is 1.78. The van der Waals surface area contributed by atoms with Crippen LogP contribution in [0.5, 0.6) is 0 Å². The third kappa shape index (κ3) is 4.64. The van der Waals surface area contributed by atoms with Crippen molar-refractivity contribution in [3.05, 3.63) is 0 Å². The van der Waals surface area contributed by atoms with Gasteiger partial charge >= 0.3 is 0 Å². The molecule has 3 rings (SSSR count). The SMILES string of the molecule is CCN=C(NC1CCCC(C(=O)NC(C)C)C1)NC1C2CCCOC2C1(C)C. The molecular weight excluding hydrogens is 352 g/mol. The van der Waals surface area contributed by atoms with E-state index in [0.717, 1.165) is 51.2 Å². The monoisotopic (exact) mass is 392 g/mol. The Kier molecular flexibility index (Phi) is 6.89. The number of ether oxygens (including phenoxy) is 1. The molecule has 3 fully saturated rings. The number of aliphatic imine (C=N–C) groups is 1. The van der Waals surface area contributed by atoms with Crippen LogP contribution in [0.4, 0.5) is 0 Å². The quantitative estimate of drug-likeness (QED) is 0.497. The largest absolute Gasteiger partial charge is 0.377 e. The zero-order valence-corrected chi connectivity index (χ0v) is 18.4. The van der Waals surface area contributed by atoms with Crippen molar-refractivity contribution >= 4 is 11.9 Å². The molecule has 3 N–H and O–H groups in total. The second-order valence-electron chi connectivity index (χ2n) is 9.73. The number of nitrogens with one attached hydrogen (secondary N) is 3. The van der Waals surface area contributed by atoms with E-state index in [0.29, 0.717) is 24.1 Å². The van der Waals surface area contributed by atoms with Gasteiger partial charge in [-0.25, -0.2) is 0 Å². The lowest BCUT2D eigenvalue weighted by Crippen LogP contribution is -2.71. The Hall–Kier alpha value is -1.30. The van der Waals surface area contributed by atoms with E-state index in [4.69, 9.17) is 9.73 Å². The first-order valence-electron chi connectivity index (χ1n) is 11.3. The van der Waals surface area contributed by atoms with Gasteiger partial charge in [0, 0.05) is 48.5 Å². The number of nitrogens with zero attached hydrogens (tertiary/aromatic N) is 1. The van der Waals surface area contributed by atoms with Gasteiger partial charge in [0.2, 0.25) is 5.91 Å². The van der Waals surface area contributed by atoms with Crippen LogP contribution in [0.3, 0.4) is 0 Å². The summed E-state index contributed by atoms with van der Waals surface area (Å²) < 4.78 is 6.04. The summed E-state index contributed by atoms with van der Waals surface area (Å²) in [6, 6.07) is 0.890. The molecule has 0 aromatic carbocycles. The Morgan fingerprint density at radius 3 is 2.68 bits per heavy atom. The lowest BCUT2D eigenvalue weighted by Gasteiger charge is -2.60. The van der Waals surface area contributed by atoms with Crippen LogP contribution in [0.15, 0.2) is 4.99 Å². The summed E-state index contributed by atoms with van der Waals surface area (Å²) in [6.07, 6.45) is 6.79. The Morgan fingerprint density at radius 2 is 1.96 bits per heavy atom. The van der Waals surface area contributed by atoms with Crippen molar-refractivity contribution in [3.8, 4) is 0 Å². The van der Waals surface area contributed by atoms with E-state index in [1.807, 2.05) is 13.8 Å². The van der Waals surface area contributed by atoms with Gasteiger partial charge in [-0.3, -0.25) is 9.79 Å². The summed E-state index contributed by atoms with van der Waals surface area (Å²) in [5, 5.41) is 10.4. The second kappa shape index (κ2) is 9.02. The number of carbonyl (C=O) groups excluding carboxylic acids is 1. The molecule has 1 aliphatic heterocycles. The van der Waals surface area contributed by atoms with Crippen LogP contribution in [0.25, 0.3) is 0 Å². The van der Waals surface area contributed by atoms with Gasteiger partial charge in [0.15, 0.2) is 5.96 Å². The highest BCUT2D eigenvalue weighted by Crippen LogP contribution is 2.51. The number of rotatable bonds is 5. The van der Waals surface area contributed by atoms with Crippen molar-refractivity contribution < 1.29 is 9.53 Å². The van der Waals surface area contributed by atoms with Gasteiger partial charge in [0.25, 0.3) is 0 Å². The maximum absolute atomic E-state index is 12.4. The summed E-state index contributed by atoms with van der Waals surface area (Å²) in [7, 11) is 0. The molecule has 1 saturated heterocycles. The Morgan fingerprint density at radius 1 is 1.18 bits per heavy atom. The Bertz CT molecular complexity index is 575. The number of amides is 1. The summed E-state index contributed by atoms with van der Waals surface area (Å²) in [4.78, 5) is 17.2. The average molecular weight is 393 g/mol. The maximum Gasteiger partial charge on any atom is 0.223 e. The maximum atomic E-state index is 12.4. The van der Waals surface area contributed by atoms with Crippen molar-refractivity contribution in [2.45, 2.75) is 97.4 Å². The van der Waals surface area contributed by atoms with Crippen molar-refractivity contribution in [2.75, 3.05) is 13.2 Å². The van der Waals surface area contributed by atoms with Gasteiger partial charge in [-0.1, -0.05) is 20.3 Å². The van der Waals surface area contributed by atoms with E-state index in [1.54, 1.807) is 0 Å². The fourth-order valence-electron chi connectivity index (χ4n) is 5.41. The molecule has 6 heteroatoms. The van der Waals surface area contributed by atoms with Crippen molar-refractivity contribution in [1.29, 1.82) is 0 Å². The first-order chi connectivity index (χ1) is 13.3. The minimum absolute atomic E-state index is 0.104. The molecular formula is C22H40N4O2. The fourth-order valence-corrected chi connectivity index (χ4v) is 5.41. The number of fused-ring (bicyclic) bond motifs is 1. The minimum Gasteiger partial charge on any atom is -0.377 e. The van der Waals surface area contributed by atoms with Crippen molar-refractivity contribution in [3.63, 3.8) is 0 Å². The molecule has 160 valence electrons. The van der Waals surface area contributed by atoms with E-state index < -0.39 is 0 Å². The van der Waals surface area contributed by atoms with Gasteiger partial charge in [0.1, 0.15) is 0 Å². The third-order valence-electron chi connectivity index (χ3n) is 6.76. The molecule has 6 nitrogen and oxygen atoms in total. The first-order valence-corrected chi connectivity index (χ1v) is 11.3. The van der Waals surface area contributed by atoms with E-state index in [9.17, 15) is 4.79 Å². The molecule has 0 aromatic rings.